The Balaban J connectivity index is 1.87. The lowest BCUT2D eigenvalue weighted by Crippen LogP contribution is -2.53. The average molecular weight is 484 g/mol. The summed E-state index contributed by atoms with van der Waals surface area (Å²) in [6, 6.07) is 10.5. The lowest BCUT2D eigenvalue weighted by Gasteiger charge is -2.36. The summed E-state index contributed by atoms with van der Waals surface area (Å²) in [6.07, 6.45) is -1.31. The van der Waals surface area contributed by atoms with Crippen LogP contribution in [0.15, 0.2) is 42.5 Å². The van der Waals surface area contributed by atoms with Crippen LogP contribution in [0.1, 0.15) is 42.7 Å². The molecule has 182 valence electrons. The Morgan fingerprint density at radius 2 is 1.85 bits per heavy atom. The van der Waals surface area contributed by atoms with E-state index in [-0.39, 0.29) is 30.7 Å². The van der Waals surface area contributed by atoms with Gasteiger partial charge in [0.1, 0.15) is 17.7 Å². The molecule has 2 aromatic carbocycles. The van der Waals surface area contributed by atoms with Crippen molar-refractivity contribution in [1.29, 1.82) is 0 Å². The SMILES string of the molecule is C[C@@H]1NC[C@@H](c2ccccc2)S(=O)(=O)C1Cc1cc(F)c(C(C)(C)OC[C@@H](O)CO)cc1F. The highest BCUT2D eigenvalue weighted by molar-refractivity contribution is 7.92. The van der Waals surface area contributed by atoms with Crippen LogP contribution in [0.3, 0.4) is 0 Å². The molecule has 1 unspecified atom stereocenters. The number of aliphatic hydroxyl groups is 2. The fourth-order valence-corrected chi connectivity index (χ4v) is 6.53. The molecule has 1 saturated heterocycles. The van der Waals surface area contributed by atoms with E-state index in [0.717, 1.165) is 12.1 Å². The summed E-state index contributed by atoms with van der Waals surface area (Å²) >= 11 is 0. The lowest BCUT2D eigenvalue weighted by molar-refractivity contribution is -0.0756. The largest absolute Gasteiger partial charge is 0.394 e. The van der Waals surface area contributed by atoms with Crippen molar-refractivity contribution in [1.82, 2.24) is 5.32 Å². The Kier molecular flexibility index (Phi) is 7.91. The van der Waals surface area contributed by atoms with Gasteiger partial charge in [0.05, 0.1) is 29.3 Å². The number of ether oxygens (including phenoxy) is 1. The highest BCUT2D eigenvalue weighted by Crippen LogP contribution is 2.34. The summed E-state index contributed by atoms with van der Waals surface area (Å²) in [5.74, 6) is -1.46. The van der Waals surface area contributed by atoms with Gasteiger partial charge >= 0.3 is 0 Å². The highest BCUT2D eigenvalue weighted by atomic mass is 32.2. The Bertz CT molecular complexity index is 1060. The molecule has 1 aliphatic rings. The second-order valence-electron chi connectivity index (χ2n) is 9.01. The van der Waals surface area contributed by atoms with Crippen molar-refractivity contribution in [2.75, 3.05) is 19.8 Å². The number of hydrogen-bond donors (Lipinski definition) is 3. The second-order valence-corrected chi connectivity index (χ2v) is 11.4. The zero-order valence-electron chi connectivity index (χ0n) is 19.0. The van der Waals surface area contributed by atoms with E-state index >= 15 is 4.39 Å². The minimum atomic E-state index is -3.68. The van der Waals surface area contributed by atoms with Crippen LogP contribution in [-0.2, 0) is 26.6 Å². The quantitative estimate of drug-likeness (QED) is 0.534. The van der Waals surface area contributed by atoms with Gasteiger partial charge in [-0.3, -0.25) is 0 Å². The van der Waals surface area contributed by atoms with Crippen LogP contribution >= 0.6 is 0 Å². The van der Waals surface area contributed by atoms with E-state index in [0.29, 0.717) is 5.56 Å². The topological polar surface area (TPSA) is 95.9 Å². The van der Waals surface area contributed by atoms with Crippen LogP contribution in [0.4, 0.5) is 8.78 Å². The summed E-state index contributed by atoms with van der Waals surface area (Å²) in [4.78, 5) is 0. The normalized spacial score (nSPS) is 23.9. The Labute approximate surface area is 193 Å². The van der Waals surface area contributed by atoms with Gasteiger partial charge in [0.25, 0.3) is 0 Å². The molecule has 0 spiro atoms. The molecule has 3 rings (SSSR count). The van der Waals surface area contributed by atoms with Gasteiger partial charge < -0.3 is 20.3 Å². The average Bonchev–Trinajstić information content (AvgIpc) is 2.77. The first-order valence-electron chi connectivity index (χ1n) is 10.9. The van der Waals surface area contributed by atoms with Crippen LogP contribution in [0.2, 0.25) is 0 Å². The van der Waals surface area contributed by atoms with Crippen LogP contribution < -0.4 is 5.32 Å². The molecule has 33 heavy (non-hydrogen) atoms. The molecule has 0 amide bonds. The van der Waals surface area contributed by atoms with Gasteiger partial charge in [-0.15, -0.1) is 0 Å². The molecule has 0 radical (unpaired) electrons. The third kappa shape index (κ3) is 5.60. The van der Waals surface area contributed by atoms with E-state index in [1.54, 1.807) is 31.2 Å². The van der Waals surface area contributed by atoms with Gasteiger partial charge in [-0.1, -0.05) is 30.3 Å². The monoisotopic (exact) mass is 483 g/mol. The van der Waals surface area contributed by atoms with Gasteiger partial charge in [-0.25, -0.2) is 17.2 Å². The third-order valence-electron chi connectivity index (χ3n) is 6.23. The predicted octanol–water partition coefficient (Wildman–Crippen LogP) is 2.63. The molecular weight excluding hydrogens is 452 g/mol. The zero-order chi connectivity index (χ0) is 24.4. The van der Waals surface area contributed by atoms with Crippen molar-refractivity contribution in [3.63, 3.8) is 0 Å². The maximum Gasteiger partial charge on any atom is 0.163 e. The molecule has 6 nitrogen and oxygen atoms in total. The smallest absolute Gasteiger partial charge is 0.163 e. The first-order valence-corrected chi connectivity index (χ1v) is 12.5. The van der Waals surface area contributed by atoms with E-state index < -0.39 is 56.3 Å². The number of rotatable bonds is 8. The van der Waals surface area contributed by atoms with Crippen molar-refractivity contribution >= 4 is 9.84 Å². The van der Waals surface area contributed by atoms with Crippen molar-refractivity contribution < 1.29 is 32.1 Å². The maximum absolute atomic E-state index is 15.1. The van der Waals surface area contributed by atoms with E-state index in [1.807, 2.05) is 6.07 Å². The van der Waals surface area contributed by atoms with Gasteiger partial charge in [0.2, 0.25) is 0 Å². The van der Waals surface area contributed by atoms with Crippen molar-refractivity contribution in [2.45, 2.75) is 55.4 Å². The predicted molar refractivity (Wildman–Crippen MR) is 121 cm³/mol. The molecule has 0 aromatic heterocycles. The molecule has 3 N–H and O–H groups in total. The molecule has 9 heteroatoms. The van der Waals surface area contributed by atoms with E-state index in [2.05, 4.69) is 5.32 Å². The fourth-order valence-electron chi connectivity index (χ4n) is 4.16. The van der Waals surface area contributed by atoms with Crippen LogP contribution in [0.5, 0.6) is 0 Å². The molecule has 0 aliphatic carbocycles. The summed E-state index contributed by atoms with van der Waals surface area (Å²) in [7, 11) is -3.68. The summed E-state index contributed by atoms with van der Waals surface area (Å²) in [5.41, 5.74) is -0.705. The standard InChI is InChI=1S/C24H31F2NO5S/c1-15-22(33(30,31)23(12-27-15)16-7-5-4-6-8-16)10-17-9-21(26)19(11-20(17)25)24(2,3)32-14-18(29)13-28/h4-9,11,15,18,22-23,27-29H,10,12-14H2,1-3H3/t15-,18-,22?,23-/m0/s1. The third-order valence-corrected chi connectivity index (χ3v) is 8.88. The van der Waals surface area contributed by atoms with Crippen LogP contribution in [0, 0.1) is 11.6 Å². The molecule has 4 atom stereocenters. The summed E-state index contributed by atoms with van der Waals surface area (Å²) < 4.78 is 62.3. The summed E-state index contributed by atoms with van der Waals surface area (Å²) in [6.45, 7) is 4.27. The lowest BCUT2D eigenvalue weighted by atomic mass is 9.94. The number of benzene rings is 2. The first-order chi connectivity index (χ1) is 15.5. The van der Waals surface area contributed by atoms with E-state index in [4.69, 9.17) is 9.84 Å². The number of nitrogens with one attached hydrogen (secondary N) is 1. The zero-order valence-corrected chi connectivity index (χ0v) is 19.8. The van der Waals surface area contributed by atoms with E-state index in [1.165, 1.54) is 13.8 Å². The van der Waals surface area contributed by atoms with Gasteiger partial charge in [-0.2, -0.15) is 0 Å². The van der Waals surface area contributed by atoms with Gasteiger partial charge in [0.15, 0.2) is 9.84 Å². The minimum Gasteiger partial charge on any atom is -0.394 e. The molecule has 0 saturated carbocycles. The Morgan fingerprint density at radius 3 is 2.48 bits per heavy atom. The van der Waals surface area contributed by atoms with Crippen molar-refractivity contribution in [3.05, 3.63) is 70.8 Å². The Hall–Kier alpha value is -1.91. The number of sulfone groups is 1. The molecule has 0 bridgehead atoms. The number of hydrogen-bond acceptors (Lipinski definition) is 6. The van der Waals surface area contributed by atoms with Crippen LogP contribution in [-0.4, -0.2) is 55.8 Å². The molecule has 1 heterocycles. The molecule has 1 fully saturated rings. The van der Waals surface area contributed by atoms with Crippen LogP contribution in [0.25, 0.3) is 0 Å². The Morgan fingerprint density at radius 1 is 1.18 bits per heavy atom. The fraction of sp³-hybridized carbons (Fsp3) is 0.500. The van der Waals surface area contributed by atoms with Gasteiger partial charge in [0, 0.05) is 18.2 Å². The first kappa shape index (κ1) is 25.7. The summed E-state index contributed by atoms with van der Waals surface area (Å²) in [5, 5.41) is 19.9. The van der Waals surface area contributed by atoms with E-state index in [9.17, 15) is 17.9 Å². The molecule has 2 aromatic rings. The number of aliphatic hydroxyl groups excluding tert-OH is 2. The van der Waals surface area contributed by atoms with Gasteiger partial charge in [-0.05, 0) is 50.5 Å². The molecular formula is C24H31F2NO5S. The second kappa shape index (κ2) is 10.1. The van der Waals surface area contributed by atoms with Crippen molar-refractivity contribution in [2.24, 2.45) is 0 Å². The van der Waals surface area contributed by atoms with Crippen molar-refractivity contribution in [3.8, 4) is 0 Å². The molecule has 1 aliphatic heterocycles. The number of halogens is 2. The minimum absolute atomic E-state index is 0.0293. The highest BCUT2D eigenvalue weighted by Gasteiger charge is 2.43. The maximum atomic E-state index is 15.1.